The smallest absolute Gasteiger partial charge is 0.0750 e. The highest BCUT2D eigenvalue weighted by Gasteiger charge is 2.32. The lowest BCUT2D eigenvalue weighted by atomic mass is 9.75. The predicted molar refractivity (Wildman–Crippen MR) is 70.5 cm³/mol. The first kappa shape index (κ1) is 10.4. The maximum Gasteiger partial charge on any atom is 0.0750 e. The fraction of sp³-hybridized carbons (Fsp3) is 0.286. The molecule has 0 bridgehead atoms. The van der Waals surface area contributed by atoms with E-state index >= 15 is 0 Å². The normalized spacial score (nSPS) is 20.0. The molecule has 0 N–H and O–H groups in total. The van der Waals surface area contributed by atoms with Crippen LogP contribution in [0.25, 0.3) is 0 Å². The van der Waals surface area contributed by atoms with Crippen LogP contribution >= 0.6 is 22.9 Å². The van der Waals surface area contributed by atoms with Gasteiger partial charge in [0.1, 0.15) is 0 Å². The van der Waals surface area contributed by atoms with Crippen molar-refractivity contribution in [3.8, 4) is 0 Å². The third-order valence-electron chi connectivity index (χ3n) is 3.28. The fourth-order valence-electron chi connectivity index (χ4n) is 2.36. The lowest BCUT2D eigenvalue weighted by Gasteiger charge is -2.33. The van der Waals surface area contributed by atoms with Gasteiger partial charge in [0.15, 0.2) is 0 Å². The molecule has 0 spiro atoms. The summed E-state index contributed by atoms with van der Waals surface area (Å²) in [5.41, 5.74) is 2.90. The van der Waals surface area contributed by atoms with Crippen LogP contribution in [-0.4, -0.2) is 0 Å². The number of alkyl halides is 1. The van der Waals surface area contributed by atoms with Crippen molar-refractivity contribution in [3.05, 3.63) is 57.3 Å². The summed E-state index contributed by atoms with van der Waals surface area (Å²) < 4.78 is 0. The van der Waals surface area contributed by atoms with Crippen molar-refractivity contribution in [2.24, 2.45) is 0 Å². The van der Waals surface area contributed by atoms with E-state index in [1.54, 1.807) is 0 Å². The first-order valence-corrected chi connectivity index (χ1v) is 6.79. The first-order valence-electron chi connectivity index (χ1n) is 5.54. The van der Waals surface area contributed by atoms with Crippen LogP contribution < -0.4 is 0 Å². The molecule has 0 saturated heterocycles. The molecular weight excluding hydrogens is 236 g/mol. The third kappa shape index (κ3) is 1.59. The number of benzene rings is 1. The fourth-order valence-corrected chi connectivity index (χ4v) is 3.71. The minimum Gasteiger partial charge on any atom is -0.144 e. The van der Waals surface area contributed by atoms with Crippen LogP contribution in [-0.2, 0) is 6.42 Å². The SMILES string of the molecule is Cc1ccc(C(Cl)C2Cc3ccccc32)s1. The standard InChI is InChI=1S/C14H13ClS/c1-9-6-7-13(16-9)14(15)12-8-10-4-2-3-5-11(10)12/h2-7,12,14H,8H2,1H3. The van der Waals surface area contributed by atoms with E-state index in [1.165, 1.54) is 20.9 Å². The second kappa shape index (κ2) is 3.90. The van der Waals surface area contributed by atoms with Gasteiger partial charge < -0.3 is 0 Å². The first-order chi connectivity index (χ1) is 7.75. The average molecular weight is 249 g/mol. The van der Waals surface area contributed by atoms with E-state index in [1.807, 2.05) is 11.3 Å². The molecule has 2 heteroatoms. The van der Waals surface area contributed by atoms with Crippen LogP contribution in [0.4, 0.5) is 0 Å². The molecule has 16 heavy (non-hydrogen) atoms. The second-order valence-electron chi connectivity index (χ2n) is 4.36. The molecule has 1 aliphatic rings. The van der Waals surface area contributed by atoms with Crippen molar-refractivity contribution >= 4 is 22.9 Å². The van der Waals surface area contributed by atoms with Crippen molar-refractivity contribution in [1.29, 1.82) is 0 Å². The van der Waals surface area contributed by atoms with Gasteiger partial charge in [0.25, 0.3) is 0 Å². The third-order valence-corrected chi connectivity index (χ3v) is 5.03. The highest BCUT2D eigenvalue weighted by molar-refractivity contribution is 7.12. The minimum absolute atomic E-state index is 0.147. The summed E-state index contributed by atoms with van der Waals surface area (Å²) >= 11 is 8.38. The molecule has 0 fully saturated rings. The van der Waals surface area contributed by atoms with Crippen LogP contribution in [0, 0.1) is 6.92 Å². The zero-order valence-corrected chi connectivity index (χ0v) is 10.7. The molecule has 2 aromatic rings. The lowest BCUT2D eigenvalue weighted by Crippen LogP contribution is -2.20. The van der Waals surface area contributed by atoms with Crippen LogP contribution in [0.1, 0.15) is 32.2 Å². The van der Waals surface area contributed by atoms with Gasteiger partial charge >= 0.3 is 0 Å². The van der Waals surface area contributed by atoms with E-state index in [-0.39, 0.29) is 5.38 Å². The lowest BCUT2D eigenvalue weighted by molar-refractivity contribution is 0.592. The number of hydrogen-bond donors (Lipinski definition) is 0. The van der Waals surface area contributed by atoms with Gasteiger partial charge in [-0.25, -0.2) is 0 Å². The Morgan fingerprint density at radius 2 is 2.06 bits per heavy atom. The van der Waals surface area contributed by atoms with Crippen LogP contribution in [0.15, 0.2) is 36.4 Å². The van der Waals surface area contributed by atoms with E-state index in [9.17, 15) is 0 Å². The molecule has 0 nitrogen and oxygen atoms in total. The molecule has 0 saturated carbocycles. The molecule has 1 heterocycles. The Morgan fingerprint density at radius 3 is 2.75 bits per heavy atom. The molecular formula is C14H13ClS. The van der Waals surface area contributed by atoms with Crippen molar-refractivity contribution in [1.82, 2.24) is 0 Å². The van der Waals surface area contributed by atoms with Gasteiger partial charge in [0, 0.05) is 15.7 Å². The maximum absolute atomic E-state index is 6.56. The summed E-state index contributed by atoms with van der Waals surface area (Å²) in [6, 6.07) is 12.9. The Morgan fingerprint density at radius 1 is 1.25 bits per heavy atom. The molecule has 0 amide bonds. The summed E-state index contributed by atoms with van der Waals surface area (Å²) in [4.78, 5) is 2.65. The Bertz CT molecular complexity index is 515. The van der Waals surface area contributed by atoms with Gasteiger partial charge in [0.2, 0.25) is 0 Å². The highest BCUT2D eigenvalue weighted by Crippen LogP contribution is 2.48. The molecule has 0 aliphatic heterocycles. The highest BCUT2D eigenvalue weighted by atomic mass is 35.5. The number of aryl methyl sites for hydroxylation is 1. The van der Waals surface area contributed by atoms with Crippen molar-refractivity contribution in [3.63, 3.8) is 0 Å². The van der Waals surface area contributed by atoms with Crippen molar-refractivity contribution in [2.45, 2.75) is 24.6 Å². The van der Waals surface area contributed by atoms with Gasteiger partial charge in [-0.2, -0.15) is 0 Å². The van der Waals surface area contributed by atoms with Crippen LogP contribution in [0.2, 0.25) is 0 Å². The minimum atomic E-state index is 0.147. The number of halogens is 1. The van der Waals surface area contributed by atoms with Gasteiger partial charge in [-0.3, -0.25) is 0 Å². The molecule has 3 rings (SSSR count). The second-order valence-corrected chi connectivity index (χ2v) is 6.15. The Labute approximate surface area is 105 Å². The zero-order chi connectivity index (χ0) is 11.1. The molecule has 2 atom stereocenters. The monoisotopic (exact) mass is 248 g/mol. The molecule has 82 valence electrons. The molecule has 0 radical (unpaired) electrons. The number of fused-ring (bicyclic) bond motifs is 1. The van der Waals surface area contributed by atoms with Crippen LogP contribution in [0.5, 0.6) is 0 Å². The largest absolute Gasteiger partial charge is 0.144 e. The number of rotatable bonds is 2. The zero-order valence-electron chi connectivity index (χ0n) is 9.11. The quantitative estimate of drug-likeness (QED) is 0.677. The molecule has 1 aromatic heterocycles. The Hall–Kier alpha value is -0.790. The summed E-state index contributed by atoms with van der Waals surface area (Å²) in [5, 5.41) is 0.147. The van der Waals surface area contributed by atoms with E-state index in [0.717, 1.165) is 6.42 Å². The van der Waals surface area contributed by atoms with Crippen LogP contribution in [0.3, 0.4) is 0 Å². The topological polar surface area (TPSA) is 0 Å². The van der Waals surface area contributed by atoms with E-state index in [0.29, 0.717) is 5.92 Å². The summed E-state index contributed by atoms with van der Waals surface area (Å²) in [7, 11) is 0. The molecule has 1 aromatic carbocycles. The van der Waals surface area contributed by atoms with Crippen molar-refractivity contribution < 1.29 is 0 Å². The van der Waals surface area contributed by atoms with Gasteiger partial charge in [-0.05, 0) is 36.6 Å². The molecule has 1 aliphatic carbocycles. The van der Waals surface area contributed by atoms with Crippen molar-refractivity contribution in [2.75, 3.05) is 0 Å². The van der Waals surface area contributed by atoms with E-state index < -0.39 is 0 Å². The number of hydrogen-bond acceptors (Lipinski definition) is 1. The van der Waals surface area contributed by atoms with Gasteiger partial charge in [-0.15, -0.1) is 22.9 Å². The van der Waals surface area contributed by atoms with Gasteiger partial charge in [-0.1, -0.05) is 24.3 Å². The summed E-state index contributed by atoms with van der Waals surface area (Å²) in [5.74, 6) is 0.510. The van der Waals surface area contributed by atoms with E-state index in [2.05, 4.69) is 43.3 Å². The predicted octanol–water partition coefficient (Wildman–Crippen LogP) is 4.68. The Kier molecular flexibility index (Phi) is 2.53. The van der Waals surface area contributed by atoms with Gasteiger partial charge in [0.05, 0.1) is 5.38 Å². The maximum atomic E-state index is 6.56. The Balaban J connectivity index is 1.87. The summed E-state index contributed by atoms with van der Waals surface area (Å²) in [6.07, 6.45) is 1.13. The van der Waals surface area contributed by atoms with E-state index in [4.69, 9.17) is 11.6 Å². The number of thiophene rings is 1. The summed E-state index contributed by atoms with van der Waals surface area (Å²) in [6.45, 7) is 2.13. The molecule has 2 unspecified atom stereocenters. The average Bonchev–Trinajstić information content (AvgIpc) is 2.67.